The van der Waals surface area contributed by atoms with Gasteiger partial charge in [-0.2, -0.15) is 0 Å². The van der Waals surface area contributed by atoms with E-state index in [-0.39, 0.29) is 11.9 Å². The van der Waals surface area contributed by atoms with Gasteiger partial charge >= 0.3 is 0 Å². The molecule has 2 rings (SSSR count). The minimum Gasteiger partial charge on any atom is -0.497 e. The van der Waals surface area contributed by atoms with E-state index < -0.39 is 0 Å². The van der Waals surface area contributed by atoms with Crippen LogP contribution in [0.4, 0.5) is 0 Å². The molecule has 0 spiro atoms. The van der Waals surface area contributed by atoms with Crippen LogP contribution in [0.3, 0.4) is 0 Å². The van der Waals surface area contributed by atoms with Gasteiger partial charge in [-0.3, -0.25) is 4.79 Å². The first-order valence-corrected chi connectivity index (χ1v) is 7.26. The molecule has 4 nitrogen and oxygen atoms in total. The van der Waals surface area contributed by atoms with E-state index >= 15 is 0 Å². The van der Waals surface area contributed by atoms with Gasteiger partial charge in [0.1, 0.15) is 11.5 Å². The summed E-state index contributed by atoms with van der Waals surface area (Å²) in [7, 11) is 3.22. The van der Waals surface area contributed by atoms with Gasteiger partial charge in [-0.05, 0) is 42.3 Å². The summed E-state index contributed by atoms with van der Waals surface area (Å²) in [6, 6.07) is 14.8. The monoisotopic (exact) mass is 299 g/mol. The number of amides is 1. The molecular weight excluding hydrogens is 278 g/mol. The predicted octanol–water partition coefficient (Wildman–Crippen LogP) is 3.58. The molecule has 0 saturated carbocycles. The Morgan fingerprint density at radius 2 is 1.73 bits per heavy atom. The maximum absolute atomic E-state index is 12.4. The molecule has 0 aliphatic carbocycles. The van der Waals surface area contributed by atoms with Crippen LogP contribution in [0.5, 0.6) is 11.5 Å². The third kappa shape index (κ3) is 3.79. The largest absolute Gasteiger partial charge is 0.497 e. The third-order valence-corrected chi connectivity index (χ3v) is 3.56. The van der Waals surface area contributed by atoms with Gasteiger partial charge in [0, 0.05) is 5.56 Å². The molecule has 2 aromatic rings. The van der Waals surface area contributed by atoms with Gasteiger partial charge in [-0.25, -0.2) is 0 Å². The van der Waals surface area contributed by atoms with E-state index in [4.69, 9.17) is 9.47 Å². The molecule has 0 saturated heterocycles. The summed E-state index contributed by atoms with van der Waals surface area (Å²) in [5.41, 5.74) is 1.64. The molecule has 0 heterocycles. The highest BCUT2D eigenvalue weighted by molar-refractivity contribution is 5.94. The summed E-state index contributed by atoms with van der Waals surface area (Å²) >= 11 is 0. The van der Waals surface area contributed by atoms with Crippen molar-refractivity contribution in [2.45, 2.75) is 19.4 Å². The number of benzene rings is 2. The van der Waals surface area contributed by atoms with Crippen molar-refractivity contribution in [1.29, 1.82) is 0 Å². The van der Waals surface area contributed by atoms with Crippen LogP contribution in [-0.4, -0.2) is 20.1 Å². The SMILES string of the molecule is CC[C@@H](NC(=O)c1cccc(OC)c1)c1ccc(OC)cc1. The lowest BCUT2D eigenvalue weighted by Gasteiger charge is -2.18. The number of carbonyl (C=O) groups is 1. The zero-order chi connectivity index (χ0) is 15.9. The second-order valence-electron chi connectivity index (χ2n) is 4.94. The first-order valence-electron chi connectivity index (χ1n) is 7.26. The maximum Gasteiger partial charge on any atom is 0.251 e. The molecule has 0 radical (unpaired) electrons. The zero-order valence-electron chi connectivity index (χ0n) is 13.1. The van der Waals surface area contributed by atoms with Gasteiger partial charge in [-0.15, -0.1) is 0 Å². The number of nitrogens with one attached hydrogen (secondary N) is 1. The van der Waals surface area contributed by atoms with Crippen LogP contribution >= 0.6 is 0 Å². The Balaban J connectivity index is 2.12. The van der Waals surface area contributed by atoms with Gasteiger partial charge < -0.3 is 14.8 Å². The number of carbonyl (C=O) groups excluding carboxylic acids is 1. The Bertz CT molecular complexity index is 622. The molecule has 1 N–H and O–H groups in total. The normalized spacial score (nSPS) is 11.6. The van der Waals surface area contributed by atoms with Crippen LogP contribution in [0.25, 0.3) is 0 Å². The van der Waals surface area contributed by atoms with Gasteiger partial charge in [0.15, 0.2) is 0 Å². The average molecular weight is 299 g/mol. The molecule has 1 atom stereocenters. The minimum atomic E-state index is -0.110. The minimum absolute atomic E-state index is 0.0374. The van der Waals surface area contributed by atoms with E-state index in [1.165, 1.54) is 0 Å². The van der Waals surface area contributed by atoms with E-state index in [9.17, 15) is 4.79 Å². The molecule has 22 heavy (non-hydrogen) atoms. The van der Waals surface area contributed by atoms with Crippen molar-refractivity contribution < 1.29 is 14.3 Å². The fourth-order valence-corrected chi connectivity index (χ4v) is 2.26. The number of rotatable bonds is 6. The molecule has 116 valence electrons. The van der Waals surface area contributed by atoms with Crippen molar-refractivity contribution in [3.63, 3.8) is 0 Å². The van der Waals surface area contributed by atoms with Crippen molar-refractivity contribution in [3.8, 4) is 11.5 Å². The molecule has 0 unspecified atom stereocenters. The van der Waals surface area contributed by atoms with E-state index in [0.29, 0.717) is 11.3 Å². The van der Waals surface area contributed by atoms with Crippen molar-refractivity contribution >= 4 is 5.91 Å². The van der Waals surface area contributed by atoms with Gasteiger partial charge in [-0.1, -0.05) is 25.1 Å². The predicted molar refractivity (Wildman–Crippen MR) is 86.5 cm³/mol. The number of hydrogen-bond acceptors (Lipinski definition) is 3. The van der Waals surface area contributed by atoms with Crippen molar-refractivity contribution in [2.24, 2.45) is 0 Å². The van der Waals surface area contributed by atoms with Gasteiger partial charge in [0.2, 0.25) is 0 Å². The first kappa shape index (κ1) is 15.9. The molecule has 4 heteroatoms. The first-order chi connectivity index (χ1) is 10.7. The molecular formula is C18H21NO3. The lowest BCUT2D eigenvalue weighted by atomic mass is 10.0. The Hall–Kier alpha value is -2.49. The highest BCUT2D eigenvalue weighted by atomic mass is 16.5. The lowest BCUT2D eigenvalue weighted by Crippen LogP contribution is -2.28. The molecule has 0 fully saturated rings. The molecule has 0 aliphatic rings. The number of ether oxygens (including phenoxy) is 2. The van der Waals surface area contributed by atoms with Crippen LogP contribution < -0.4 is 14.8 Å². The second-order valence-corrected chi connectivity index (χ2v) is 4.94. The van der Waals surface area contributed by atoms with Crippen LogP contribution in [0.15, 0.2) is 48.5 Å². The van der Waals surface area contributed by atoms with E-state index in [1.807, 2.05) is 43.3 Å². The highest BCUT2D eigenvalue weighted by Gasteiger charge is 2.14. The maximum atomic E-state index is 12.4. The summed E-state index contributed by atoms with van der Waals surface area (Å²) in [6.07, 6.45) is 0.808. The Morgan fingerprint density at radius 1 is 1.05 bits per heavy atom. The van der Waals surface area contributed by atoms with Gasteiger partial charge in [0.25, 0.3) is 5.91 Å². The van der Waals surface area contributed by atoms with E-state index in [1.54, 1.807) is 26.4 Å². The second kappa shape index (κ2) is 7.50. The Labute approximate surface area is 131 Å². The standard InChI is InChI=1S/C18H21NO3/c1-4-17(13-8-10-15(21-2)11-9-13)19-18(20)14-6-5-7-16(12-14)22-3/h5-12,17H,4H2,1-3H3,(H,19,20)/t17-/m1/s1. The Kier molecular flexibility index (Phi) is 5.42. The molecule has 1 amide bonds. The summed E-state index contributed by atoms with van der Waals surface area (Å²) in [6.45, 7) is 2.04. The lowest BCUT2D eigenvalue weighted by molar-refractivity contribution is 0.0935. The van der Waals surface area contributed by atoms with Gasteiger partial charge in [0.05, 0.1) is 20.3 Å². The van der Waals surface area contributed by atoms with Crippen molar-refractivity contribution in [2.75, 3.05) is 14.2 Å². The van der Waals surface area contributed by atoms with Crippen LogP contribution in [-0.2, 0) is 0 Å². The summed E-state index contributed by atoms with van der Waals surface area (Å²) in [4.78, 5) is 12.4. The highest BCUT2D eigenvalue weighted by Crippen LogP contribution is 2.21. The van der Waals surface area contributed by atoms with E-state index in [2.05, 4.69) is 5.32 Å². The van der Waals surface area contributed by atoms with Crippen LogP contribution in [0, 0.1) is 0 Å². The summed E-state index contributed by atoms with van der Waals surface area (Å²) in [5.74, 6) is 1.37. The van der Waals surface area contributed by atoms with Crippen molar-refractivity contribution in [1.82, 2.24) is 5.32 Å². The molecule has 0 aromatic heterocycles. The zero-order valence-corrected chi connectivity index (χ0v) is 13.1. The Morgan fingerprint density at radius 3 is 2.32 bits per heavy atom. The molecule has 0 aliphatic heterocycles. The van der Waals surface area contributed by atoms with Crippen LogP contribution in [0.2, 0.25) is 0 Å². The number of methoxy groups -OCH3 is 2. The fraction of sp³-hybridized carbons (Fsp3) is 0.278. The fourth-order valence-electron chi connectivity index (χ4n) is 2.26. The third-order valence-electron chi connectivity index (χ3n) is 3.56. The van der Waals surface area contributed by atoms with Crippen LogP contribution in [0.1, 0.15) is 35.3 Å². The smallest absolute Gasteiger partial charge is 0.251 e. The van der Waals surface area contributed by atoms with Crippen molar-refractivity contribution in [3.05, 3.63) is 59.7 Å². The quantitative estimate of drug-likeness (QED) is 0.887. The summed E-state index contributed by atoms with van der Waals surface area (Å²) < 4.78 is 10.3. The average Bonchev–Trinajstić information content (AvgIpc) is 2.59. The number of hydrogen-bond donors (Lipinski definition) is 1. The van der Waals surface area contributed by atoms with E-state index in [0.717, 1.165) is 17.7 Å². The molecule has 2 aromatic carbocycles. The summed E-state index contributed by atoms with van der Waals surface area (Å²) in [5, 5.41) is 3.05. The topological polar surface area (TPSA) is 47.6 Å². The molecule has 0 bridgehead atoms.